The van der Waals surface area contributed by atoms with Gasteiger partial charge in [-0.2, -0.15) is 11.8 Å². The number of rotatable bonds is 6. The first-order valence-electron chi connectivity index (χ1n) is 7.56. The molecule has 1 saturated carbocycles. The first-order chi connectivity index (χ1) is 9.53. The molecule has 0 radical (unpaired) electrons. The minimum atomic E-state index is 0.0708. The number of aliphatic hydroxyl groups is 1. The quantitative estimate of drug-likeness (QED) is 0.591. The molecule has 0 unspecified atom stereocenters. The van der Waals surface area contributed by atoms with Gasteiger partial charge in [-0.1, -0.05) is 20.8 Å². The average molecular weight is 297 g/mol. The highest BCUT2D eigenvalue weighted by Gasteiger charge is 2.31. The van der Waals surface area contributed by atoms with Gasteiger partial charge in [0.2, 0.25) is 0 Å². The molecule has 0 heterocycles. The van der Waals surface area contributed by atoms with Crippen LogP contribution in [0.1, 0.15) is 52.9 Å². The van der Waals surface area contributed by atoms with Gasteiger partial charge < -0.3 is 5.11 Å². The van der Waals surface area contributed by atoms with Gasteiger partial charge in [0.25, 0.3) is 0 Å². The van der Waals surface area contributed by atoms with Crippen LogP contribution < -0.4 is 0 Å². The van der Waals surface area contributed by atoms with Crippen molar-refractivity contribution in [2.45, 2.75) is 58.1 Å². The Morgan fingerprint density at radius 3 is 2.70 bits per heavy atom. The number of nitrogens with zero attached hydrogens (tertiary/aromatic N) is 1. The number of hydrogen-bond acceptors (Lipinski definition) is 4. The van der Waals surface area contributed by atoms with Crippen LogP contribution in [0.5, 0.6) is 0 Å². The van der Waals surface area contributed by atoms with E-state index >= 15 is 0 Å². The summed E-state index contributed by atoms with van der Waals surface area (Å²) in [6.45, 7) is 6.39. The lowest BCUT2D eigenvalue weighted by Gasteiger charge is -2.27. The molecule has 1 aliphatic carbocycles. The van der Waals surface area contributed by atoms with Crippen LogP contribution in [0.2, 0.25) is 0 Å². The van der Waals surface area contributed by atoms with Crippen molar-refractivity contribution >= 4 is 23.3 Å². The Balaban J connectivity index is 2.81. The van der Waals surface area contributed by atoms with Crippen molar-refractivity contribution in [3.63, 3.8) is 0 Å². The molecule has 1 N–H and O–H groups in total. The molecule has 0 aliphatic heterocycles. The molecule has 1 fully saturated rings. The van der Waals surface area contributed by atoms with Gasteiger partial charge in [0.05, 0.1) is 5.57 Å². The number of allylic oxidation sites excluding steroid dienone is 2. The van der Waals surface area contributed by atoms with E-state index in [4.69, 9.17) is 0 Å². The summed E-state index contributed by atoms with van der Waals surface area (Å²) < 4.78 is 0. The van der Waals surface area contributed by atoms with Crippen LogP contribution in [0, 0.1) is 5.92 Å². The van der Waals surface area contributed by atoms with Crippen molar-refractivity contribution in [1.82, 2.24) is 0 Å². The Hall–Kier alpha value is -0.770. The number of carbonyl (C=O) groups excluding carboxylic acids is 1. The summed E-state index contributed by atoms with van der Waals surface area (Å²) >= 11 is 1.94. The first-order valence-corrected chi connectivity index (χ1v) is 8.61. The predicted molar refractivity (Wildman–Crippen MR) is 87.9 cm³/mol. The first kappa shape index (κ1) is 17.3. The SMILES string of the molecule is CCCC(O)=C1C(=O)C[C@H](C[C@H](C)SCC)CC1=NC. The van der Waals surface area contributed by atoms with Crippen molar-refractivity contribution in [2.75, 3.05) is 12.8 Å². The lowest BCUT2D eigenvalue weighted by molar-refractivity contribution is -0.116. The molecule has 20 heavy (non-hydrogen) atoms. The Morgan fingerprint density at radius 1 is 1.45 bits per heavy atom. The number of aliphatic hydroxyl groups excluding tert-OH is 1. The summed E-state index contributed by atoms with van der Waals surface area (Å²) in [7, 11) is 1.72. The van der Waals surface area contributed by atoms with Crippen LogP contribution in [0.4, 0.5) is 0 Å². The van der Waals surface area contributed by atoms with E-state index < -0.39 is 0 Å². The maximum absolute atomic E-state index is 12.3. The topological polar surface area (TPSA) is 49.7 Å². The number of Topliss-reactive ketones (excluding diaryl/α,β-unsaturated/α-hetero) is 1. The number of ketones is 1. The summed E-state index contributed by atoms with van der Waals surface area (Å²) in [5, 5.41) is 10.6. The van der Waals surface area contributed by atoms with Gasteiger partial charge in [-0.05, 0) is 30.9 Å². The fourth-order valence-corrected chi connectivity index (χ4v) is 3.83. The monoisotopic (exact) mass is 297 g/mol. The molecule has 0 aromatic heterocycles. The van der Waals surface area contributed by atoms with Crippen LogP contribution in [0.15, 0.2) is 16.3 Å². The minimum absolute atomic E-state index is 0.0708. The molecule has 4 heteroatoms. The third-order valence-electron chi connectivity index (χ3n) is 3.69. The number of hydrogen-bond donors (Lipinski definition) is 1. The van der Waals surface area contributed by atoms with E-state index in [0.717, 1.165) is 30.7 Å². The molecule has 0 aromatic carbocycles. The van der Waals surface area contributed by atoms with Gasteiger partial charge in [-0.15, -0.1) is 0 Å². The van der Waals surface area contributed by atoms with E-state index in [9.17, 15) is 9.90 Å². The fraction of sp³-hybridized carbons (Fsp3) is 0.750. The summed E-state index contributed by atoms with van der Waals surface area (Å²) in [5.41, 5.74) is 1.30. The lowest BCUT2D eigenvalue weighted by atomic mass is 9.80. The largest absolute Gasteiger partial charge is 0.511 e. The van der Waals surface area contributed by atoms with Crippen LogP contribution in [0.25, 0.3) is 0 Å². The second kappa shape index (κ2) is 8.50. The van der Waals surface area contributed by atoms with E-state index in [1.165, 1.54) is 0 Å². The van der Waals surface area contributed by atoms with Gasteiger partial charge in [0.15, 0.2) is 5.78 Å². The smallest absolute Gasteiger partial charge is 0.168 e. The third kappa shape index (κ3) is 4.65. The zero-order chi connectivity index (χ0) is 15.1. The maximum Gasteiger partial charge on any atom is 0.168 e. The van der Waals surface area contributed by atoms with E-state index in [1.54, 1.807) is 7.05 Å². The van der Waals surface area contributed by atoms with Crippen LogP contribution in [-0.4, -0.2) is 34.7 Å². The summed E-state index contributed by atoms with van der Waals surface area (Å²) in [5.74, 6) is 1.78. The summed E-state index contributed by atoms with van der Waals surface area (Å²) in [6.07, 6.45) is 3.82. The number of aliphatic imine (C=N–C) groups is 1. The highest BCUT2D eigenvalue weighted by molar-refractivity contribution is 7.99. The van der Waals surface area contributed by atoms with Crippen molar-refractivity contribution in [2.24, 2.45) is 10.9 Å². The molecule has 0 aromatic rings. The molecule has 0 bridgehead atoms. The van der Waals surface area contributed by atoms with Gasteiger partial charge in [-0.25, -0.2) is 0 Å². The Morgan fingerprint density at radius 2 is 2.15 bits per heavy atom. The number of thioether (sulfide) groups is 1. The Labute approximate surface area is 126 Å². The van der Waals surface area contributed by atoms with Gasteiger partial charge in [0, 0.05) is 30.9 Å². The van der Waals surface area contributed by atoms with Crippen LogP contribution in [0.3, 0.4) is 0 Å². The molecular weight excluding hydrogens is 270 g/mol. The van der Waals surface area contributed by atoms with E-state index in [0.29, 0.717) is 29.6 Å². The molecule has 0 spiro atoms. The zero-order valence-electron chi connectivity index (χ0n) is 13.1. The van der Waals surface area contributed by atoms with Gasteiger partial charge in [0.1, 0.15) is 5.76 Å². The van der Waals surface area contributed by atoms with Crippen LogP contribution >= 0.6 is 11.8 Å². The average Bonchev–Trinajstić information content (AvgIpc) is 2.38. The zero-order valence-corrected chi connectivity index (χ0v) is 13.9. The van der Waals surface area contributed by atoms with E-state index in [2.05, 4.69) is 18.8 Å². The highest BCUT2D eigenvalue weighted by atomic mass is 32.2. The molecule has 0 saturated heterocycles. The molecule has 114 valence electrons. The molecule has 2 atom stereocenters. The standard InChI is InChI=1S/C16H27NO2S/c1-5-7-14(18)16-13(17-4)9-12(10-15(16)19)8-11(3)20-6-2/h11-12,18H,5-10H2,1-4H3/t11-,12+/m0/s1. The third-order valence-corrected chi connectivity index (χ3v) is 4.78. The summed E-state index contributed by atoms with van der Waals surface area (Å²) in [6, 6.07) is 0. The van der Waals surface area contributed by atoms with Crippen molar-refractivity contribution in [3.8, 4) is 0 Å². The second-order valence-corrected chi connectivity index (χ2v) is 7.16. The minimum Gasteiger partial charge on any atom is -0.511 e. The molecule has 1 rings (SSSR count). The maximum atomic E-state index is 12.3. The van der Waals surface area contributed by atoms with E-state index in [-0.39, 0.29) is 11.5 Å². The predicted octanol–water partition coefficient (Wildman–Crippen LogP) is 4.18. The number of carbonyl (C=O) groups is 1. The van der Waals surface area contributed by atoms with Crippen molar-refractivity contribution in [3.05, 3.63) is 11.3 Å². The molecular formula is C16H27NO2S. The van der Waals surface area contributed by atoms with Crippen molar-refractivity contribution in [1.29, 1.82) is 0 Å². The van der Waals surface area contributed by atoms with Gasteiger partial charge in [-0.3, -0.25) is 9.79 Å². The fourth-order valence-electron chi connectivity index (χ4n) is 2.85. The van der Waals surface area contributed by atoms with E-state index in [1.807, 2.05) is 18.7 Å². The highest BCUT2D eigenvalue weighted by Crippen LogP contribution is 2.31. The normalized spacial score (nSPS) is 25.9. The molecule has 0 amide bonds. The summed E-state index contributed by atoms with van der Waals surface area (Å²) in [4.78, 5) is 16.6. The Kier molecular flexibility index (Phi) is 7.35. The van der Waals surface area contributed by atoms with Crippen molar-refractivity contribution < 1.29 is 9.90 Å². The molecule has 1 aliphatic rings. The molecule has 3 nitrogen and oxygen atoms in total. The van der Waals surface area contributed by atoms with Crippen LogP contribution in [-0.2, 0) is 4.79 Å². The lowest BCUT2D eigenvalue weighted by Crippen LogP contribution is -2.29. The van der Waals surface area contributed by atoms with Gasteiger partial charge >= 0.3 is 0 Å². The Bertz CT molecular complexity index is 401. The second-order valence-electron chi connectivity index (χ2n) is 5.44.